The van der Waals surface area contributed by atoms with Crippen LogP contribution in [0.4, 0.5) is 14.5 Å². The lowest BCUT2D eigenvalue weighted by Gasteiger charge is -2.22. The van der Waals surface area contributed by atoms with E-state index >= 15 is 0 Å². The Hall–Kier alpha value is -2.87. The van der Waals surface area contributed by atoms with E-state index < -0.39 is 29.6 Å². The van der Waals surface area contributed by atoms with Crippen LogP contribution in [0.25, 0.3) is 0 Å². The number of amides is 2. The molecule has 0 spiro atoms. The number of benzene rings is 2. The molecule has 0 bridgehead atoms. The molecule has 150 valence electrons. The molecule has 0 aliphatic rings. The zero-order chi connectivity index (χ0) is 20.8. The maximum atomic E-state index is 13.2. The Kier molecular flexibility index (Phi) is 7.17. The summed E-state index contributed by atoms with van der Waals surface area (Å²) in [5, 5.41) is 3.03. The predicted octanol–water partition coefficient (Wildman–Crippen LogP) is 3.49. The van der Waals surface area contributed by atoms with Gasteiger partial charge >= 0.3 is 0 Å². The summed E-state index contributed by atoms with van der Waals surface area (Å²) in [6.45, 7) is 1.18. The molecular weight excluding hydrogens is 394 g/mol. The molecule has 0 aromatic heterocycles. The second-order valence-electron chi connectivity index (χ2n) is 5.92. The van der Waals surface area contributed by atoms with Gasteiger partial charge in [-0.25, -0.2) is 8.78 Å². The van der Waals surface area contributed by atoms with Crippen molar-refractivity contribution in [3.63, 3.8) is 0 Å². The summed E-state index contributed by atoms with van der Waals surface area (Å²) in [5.41, 5.74) is 0.368. The van der Waals surface area contributed by atoms with Gasteiger partial charge in [-0.1, -0.05) is 11.6 Å². The van der Waals surface area contributed by atoms with Gasteiger partial charge in [0.05, 0.1) is 19.3 Å². The highest BCUT2D eigenvalue weighted by Gasteiger charge is 2.22. The van der Waals surface area contributed by atoms with Crippen molar-refractivity contribution < 1.29 is 27.8 Å². The zero-order valence-electron chi connectivity index (χ0n) is 15.5. The second-order valence-corrected chi connectivity index (χ2v) is 6.36. The Morgan fingerprint density at radius 1 is 1.18 bits per heavy atom. The Bertz CT molecular complexity index is 879. The number of rotatable bonds is 7. The molecule has 6 nitrogen and oxygen atoms in total. The summed E-state index contributed by atoms with van der Waals surface area (Å²) in [4.78, 5) is 25.8. The predicted molar refractivity (Wildman–Crippen MR) is 101 cm³/mol. The number of nitrogens with zero attached hydrogens (tertiary/aromatic N) is 1. The first kappa shape index (κ1) is 21.4. The van der Waals surface area contributed by atoms with Gasteiger partial charge in [-0.05, 0) is 37.3 Å². The van der Waals surface area contributed by atoms with Gasteiger partial charge < -0.3 is 19.7 Å². The molecule has 0 saturated carbocycles. The van der Waals surface area contributed by atoms with Crippen molar-refractivity contribution >= 4 is 29.1 Å². The molecule has 0 saturated heterocycles. The van der Waals surface area contributed by atoms with Crippen LogP contribution in [-0.2, 0) is 9.59 Å². The van der Waals surface area contributed by atoms with Gasteiger partial charge in [0.1, 0.15) is 11.5 Å². The molecule has 28 heavy (non-hydrogen) atoms. The Morgan fingerprint density at radius 2 is 1.89 bits per heavy atom. The van der Waals surface area contributed by atoms with E-state index in [9.17, 15) is 18.4 Å². The quantitative estimate of drug-likeness (QED) is 0.756. The van der Waals surface area contributed by atoms with Crippen LogP contribution in [-0.4, -0.2) is 43.5 Å². The van der Waals surface area contributed by atoms with Crippen molar-refractivity contribution in [3.05, 3.63) is 53.1 Å². The monoisotopic (exact) mass is 412 g/mol. The van der Waals surface area contributed by atoms with Crippen LogP contribution in [0.15, 0.2) is 36.4 Å². The second kappa shape index (κ2) is 9.36. The van der Waals surface area contributed by atoms with Crippen molar-refractivity contribution in [3.8, 4) is 11.5 Å². The lowest BCUT2D eigenvalue weighted by Crippen LogP contribution is -2.42. The number of methoxy groups -OCH3 is 1. The minimum Gasteiger partial charge on any atom is -0.495 e. The third-order valence-electron chi connectivity index (χ3n) is 3.74. The number of ether oxygens (including phenoxy) is 2. The molecule has 1 atom stereocenters. The van der Waals surface area contributed by atoms with Crippen molar-refractivity contribution in [1.82, 2.24) is 4.90 Å². The summed E-state index contributed by atoms with van der Waals surface area (Å²) < 4.78 is 36.7. The van der Waals surface area contributed by atoms with Crippen molar-refractivity contribution in [2.75, 3.05) is 26.0 Å². The highest BCUT2D eigenvalue weighted by molar-refractivity contribution is 6.31. The van der Waals surface area contributed by atoms with Crippen LogP contribution >= 0.6 is 11.6 Å². The molecule has 0 heterocycles. The van der Waals surface area contributed by atoms with Crippen LogP contribution in [0.1, 0.15) is 6.92 Å². The van der Waals surface area contributed by atoms with Gasteiger partial charge in [0.15, 0.2) is 17.7 Å². The third-order valence-corrected chi connectivity index (χ3v) is 3.98. The molecule has 2 aromatic carbocycles. The van der Waals surface area contributed by atoms with E-state index in [1.807, 2.05) is 0 Å². The van der Waals surface area contributed by atoms with E-state index in [1.165, 1.54) is 33.2 Å². The fourth-order valence-corrected chi connectivity index (χ4v) is 2.55. The first-order valence-electron chi connectivity index (χ1n) is 8.21. The van der Waals surface area contributed by atoms with E-state index in [0.29, 0.717) is 16.5 Å². The Morgan fingerprint density at radius 3 is 2.54 bits per heavy atom. The number of carbonyl (C=O) groups excluding carboxylic acids is 2. The molecule has 2 rings (SSSR count). The highest BCUT2D eigenvalue weighted by atomic mass is 35.5. The normalized spacial score (nSPS) is 11.5. The molecule has 0 aliphatic carbocycles. The van der Waals surface area contributed by atoms with Gasteiger partial charge in [-0.2, -0.15) is 0 Å². The first-order valence-corrected chi connectivity index (χ1v) is 8.59. The summed E-state index contributed by atoms with van der Waals surface area (Å²) in [6, 6.07) is 7.69. The fourth-order valence-electron chi connectivity index (χ4n) is 2.38. The van der Waals surface area contributed by atoms with Crippen LogP contribution in [0.2, 0.25) is 5.02 Å². The molecule has 2 amide bonds. The van der Waals surface area contributed by atoms with Crippen LogP contribution in [0.3, 0.4) is 0 Å². The number of nitrogens with one attached hydrogen (secondary N) is 1. The number of anilines is 1. The van der Waals surface area contributed by atoms with E-state index in [0.717, 1.165) is 17.0 Å². The smallest absolute Gasteiger partial charge is 0.263 e. The largest absolute Gasteiger partial charge is 0.495 e. The number of hydrogen-bond donors (Lipinski definition) is 1. The van der Waals surface area contributed by atoms with E-state index in [-0.39, 0.29) is 12.3 Å². The van der Waals surface area contributed by atoms with Gasteiger partial charge in [-0.3, -0.25) is 9.59 Å². The maximum absolute atomic E-state index is 13.2. The lowest BCUT2D eigenvalue weighted by atomic mass is 10.2. The molecule has 0 radical (unpaired) electrons. The molecule has 2 aromatic rings. The molecule has 1 N–H and O–H groups in total. The first-order chi connectivity index (χ1) is 13.2. The standard InChI is InChI=1S/C19H19ClF2N2O4/c1-11(28-13-5-6-14(21)15(22)9-13)19(26)24(2)10-18(25)23-16-8-12(20)4-7-17(16)27-3/h4-9,11H,10H2,1-3H3,(H,23,25). The van der Waals surface area contributed by atoms with Crippen LogP contribution < -0.4 is 14.8 Å². The summed E-state index contributed by atoms with van der Waals surface area (Å²) in [5.74, 6) is -2.67. The van der Waals surface area contributed by atoms with E-state index in [4.69, 9.17) is 21.1 Å². The van der Waals surface area contributed by atoms with Crippen LogP contribution in [0.5, 0.6) is 11.5 Å². The molecule has 9 heteroatoms. The van der Waals surface area contributed by atoms with E-state index in [1.54, 1.807) is 12.1 Å². The lowest BCUT2D eigenvalue weighted by molar-refractivity contribution is -0.139. The van der Waals surface area contributed by atoms with Crippen molar-refractivity contribution in [2.45, 2.75) is 13.0 Å². The average Bonchev–Trinajstić information content (AvgIpc) is 2.64. The number of halogens is 3. The highest BCUT2D eigenvalue weighted by Crippen LogP contribution is 2.27. The molecule has 0 fully saturated rings. The Labute approximate surface area is 166 Å². The fraction of sp³-hybridized carbons (Fsp3) is 0.263. The van der Waals surface area contributed by atoms with Crippen molar-refractivity contribution in [1.29, 1.82) is 0 Å². The van der Waals surface area contributed by atoms with Gasteiger partial charge in [-0.15, -0.1) is 0 Å². The topological polar surface area (TPSA) is 67.9 Å². The third kappa shape index (κ3) is 5.56. The number of carbonyl (C=O) groups is 2. The summed E-state index contributed by atoms with van der Waals surface area (Å²) >= 11 is 5.91. The average molecular weight is 413 g/mol. The maximum Gasteiger partial charge on any atom is 0.263 e. The Balaban J connectivity index is 1.96. The SMILES string of the molecule is COc1ccc(Cl)cc1NC(=O)CN(C)C(=O)C(C)Oc1ccc(F)c(F)c1. The molecule has 0 aliphatic heterocycles. The van der Waals surface area contributed by atoms with Gasteiger partial charge in [0.2, 0.25) is 5.91 Å². The molecular formula is C19H19ClF2N2O4. The zero-order valence-corrected chi connectivity index (χ0v) is 16.2. The minimum absolute atomic E-state index is 0.00117. The van der Waals surface area contributed by atoms with Crippen LogP contribution in [0, 0.1) is 11.6 Å². The molecule has 1 unspecified atom stereocenters. The minimum atomic E-state index is -1.08. The summed E-state index contributed by atoms with van der Waals surface area (Å²) in [6.07, 6.45) is -1.01. The number of hydrogen-bond acceptors (Lipinski definition) is 4. The van der Waals surface area contributed by atoms with Crippen molar-refractivity contribution in [2.24, 2.45) is 0 Å². The van der Waals surface area contributed by atoms with Gasteiger partial charge in [0.25, 0.3) is 5.91 Å². The summed E-state index contributed by atoms with van der Waals surface area (Å²) in [7, 11) is 2.87. The number of likely N-dealkylation sites (N-methyl/N-ethyl adjacent to an activating group) is 1. The van der Waals surface area contributed by atoms with E-state index in [2.05, 4.69) is 5.32 Å². The van der Waals surface area contributed by atoms with Gasteiger partial charge in [0, 0.05) is 18.1 Å².